The van der Waals surface area contributed by atoms with Crippen molar-refractivity contribution in [3.63, 3.8) is 0 Å². The zero-order valence-electron chi connectivity index (χ0n) is 10.7. The zero-order chi connectivity index (χ0) is 13.1. The number of ether oxygens (including phenoxy) is 1. The van der Waals surface area contributed by atoms with Crippen LogP contribution in [0.4, 0.5) is 13.6 Å². The van der Waals surface area contributed by atoms with Gasteiger partial charge >= 0.3 is 6.09 Å². The number of alkyl halides is 2. The summed E-state index contributed by atoms with van der Waals surface area (Å²) in [6.45, 7) is 7.16. The number of hydrogen-bond donors (Lipinski definition) is 0. The summed E-state index contributed by atoms with van der Waals surface area (Å²) in [5.41, 5.74) is -1.56. The van der Waals surface area contributed by atoms with Crippen molar-refractivity contribution in [1.82, 2.24) is 4.90 Å². The summed E-state index contributed by atoms with van der Waals surface area (Å²) in [6, 6.07) is -0.976. The van der Waals surface area contributed by atoms with Gasteiger partial charge in [0.05, 0.1) is 6.04 Å². The minimum atomic E-state index is -2.78. The van der Waals surface area contributed by atoms with Gasteiger partial charge in [-0.3, -0.25) is 4.90 Å². The molecule has 1 aliphatic carbocycles. The molecule has 17 heavy (non-hydrogen) atoms. The number of hydrogen-bond acceptors (Lipinski definition) is 2. The second-order valence-electron chi connectivity index (χ2n) is 6.33. The molecule has 2 aliphatic heterocycles. The normalized spacial score (nSPS) is 35.2. The van der Waals surface area contributed by atoms with E-state index in [1.54, 1.807) is 27.7 Å². The quantitative estimate of drug-likeness (QED) is 0.658. The number of halogens is 2. The molecule has 3 rings (SSSR count). The van der Waals surface area contributed by atoms with Gasteiger partial charge in [-0.1, -0.05) is 6.92 Å². The first-order valence-corrected chi connectivity index (χ1v) is 5.94. The Hall–Kier alpha value is -0.870. The fourth-order valence-electron chi connectivity index (χ4n) is 2.60. The molecule has 0 aromatic rings. The summed E-state index contributed by atoms with van der Waals surface area (Å²) in [4.78, 5) is 13.0. The molecule has 98 valence electrons. The van der Waals surface area contributed by atoms with Gasteiger partial charge in [0.1, 0.15) is 5.60 Å². The second kappa shape index (κ2) is 3.33. The number of carbonyl (C=O) groups is 1. The molecule has 3 nitrogen and oxygen atoms in total. The van der Waals surface area contributed by atoms with Gasteiger partial charge in [0, 0.05) is 12.0 Å². The maximum Gasteiger partial charge on any atom is 0.410 e. The number of rotatable bonds is 0. The van der Waals surface area contributed by atoms with Crippen molar-refractivity contribution < 1.29 is 18.3 Å². The van der Waals surface area contributed by atoms with Crippen molar-refractivity contribution in [2.24, 2.45) is 5.41 Å². The van der Waals surface area contributed by atoms with Crippen molar-refractivity contribution in [1.29, 1.82) is 0 Å². The number of fused-ring (bicyclic) bond motifs is 2. The Morgan fingerprint density at radius 2 is 2.00 bits per heavy atom. The molecular weight excluding hydrogens is 228 g/mol. The van der Waals surface area contributed by atoms with Crippen molar-refractivity contribution in [3.8, 4) is 0 Å². The van der Waals surface area contributed by atoms with Crippen LogP contribution in [-0.2, 0) is 4.74 Å². The van der Waals surface area contributed by atoms with Crippen molar-refractivity contribution in [2.75, 3.05) is 6.54 Å². The molecule has 0 spiro atoms. The van der Waals surface area contributed by atoms with E-state index in [4.69, 9.17) is 4.74 Å². The summed E-state index contributed by atoms with van der Waals surface area (Å²) in [6.07, 6.45) is 0.0959. The number of piperidine rings is 2. The van der Waals surface area contributed by atoms with Gasteiger partial charge in [0.25, 0.3) is 5.92 Å². The third-order valence-corrected chi connectivity index (χ3v) is 3.78. The highest BCUT2D eigenvalue weighted by Crippen LogP contribution is 2.60. The largest absolute Gasteiger partial charge is 0.444 e. The molecule has 3 fully saturated rings. The van der Waals surface area contributed by atoms with Crippen LogP contribution in [0.5, 0.6) is 0 Å². The Bertz CT molecular complexity index is 347. The molecule has 5 heteroatoms. The van der Waals surface area contributed by atoms with E-state index in [0.29, 0.717) is 19.4 Å². The standard InChI is InChI=1S/C12H19F2NO2/c1-10(2,3)17-9(16)15-6-5-11(4)7-8(15)12(11,13)14/h8H,5-7H2,1-4H3/t8-,11?/m0/s1. The number of amides is 1. The van der Waals surface area contributed by atoms with Crippen LogP contribution >= 0.6 is 0 Å². The predicted octanol–water partition coefficient (Wildman–Crippen LogP) is 3.04. The summed E-state index contributed by atoms with van der Waals surface area (Å²) < 4.78 is 32.8. The molecule has 2 saturated heterocycles. The fraction of sp³-hybridized carbons (Fsp3) is 0.917. The molecule has 2 heterocycles. The van der Waals surface area contributed by atoms with E-state index in [-0.39, 0.29) is 0 Å². The highest BCUT2D eigenvalue weighted by atomic mass is 19.3. The SMILES string of the molecule is CC(C)(C)OC(=O)N1CCC2(C)C[C@H]1C2(F)F. The Labute approximate surface area is 100 Å². The predicted molar refractivity (Wildman–Crippen MR) is 59.0 cm³/mol. The maximum absolute atomic E-state index is 13.8. The van der Waals surface area contributed by atoms with Crippen LogP contribution in [0.25, 0.3) is 0 Å². The van der Waals surface area contributed by atoms with Gasteiger partial charge < -0.3 is 4.74 Å². The van der Waals surface area contributed by atoms with Crippen LogP contribution in [0.1, 0.15) is 40.5 Å². The van der Waals surface area contributed by atoms with Crippen molar-refractivity contribution in [2.45, 2.75) is 58.1 Å². The Kier molecular flexibility index (Phi) is 2.46. The first-order valence-electron chi connectivity index (χ1n) is 5.94. The van der Waals surface area contributed by atoms with Crippen LogP contribution in [0, 0.1) is 5.41 Å². The molecule has 3 aliphatic rings. The van der Waals surface area contributed by atoms with E-state index in [9.17, 15) is 13.6 Å². The van der Waals surface area contributed by atoms with Gasteiger partial charge in [-0.15, -0.1) is 0 Å². The van der Waals surface area contributed by atoms with Gasteiger partial charge in [0.15, 0.2) is 0 Å². The second-order valence-corrected chi connectivity index (χ2v) is 6.33. The van der Waals surface area contributed by atoms with Gasteiger partial charge in [-0.2, -0.15) is 0 Å². The highest BCUT2D eigenvalue weighted by Gasteiger charge is 2.70. The summed E-state index contributed by atoms with van der Waals surface area (Å²) in [5, 5.41) is 0. The Balaban J connectivity index is 2.08. The average Bonchev–Trinajstić information content (AvgIpc) is 2.14. The molecule has 2 atom stereocenters. The minimum absolute atomic E-state index is 0.343. The monoisotopic (exact) mass is 247 g/mol. The molecule has 1 unspecified atom stereocenters. The van der Waals surface area contributed by atoms with E-state index in [1.807, 2.05) is 0 Å². The molecule has 0 aromatic carbocycles. The molecular formula is C12H19F2NO2. The third kappa shape index (κ3) is 1.79. The van der Waals surface area contributed by atoms with Gasteiger partial charge in [0.2, 0.25) is 0 Å². The number of carbonyl (C=O) groups excluding carboxylic acids is 1. The summed E-state index contributed by atoms with van der Waals surface area (Å²) in [7, 11) is 0. The van der Waals surface area contributed by atoms with Crippen LogP contribution in [0.3, 0.4) is 0 Å². The van der Waals surface area contributed by atoms with Gasteiger partial charge in [-0.25, -0.2) is 13.6 Å². The summed E-state index contributed by atoms with van der Waals surface area (Å²) in [5.74, 6) is -2.78. The highest BCUT2D eigenvalue weighted by molar-refractivity contribution is 5.69. The zero-order valence-corrected chi connectivity index (χ0v) is 10.7. The third-order valence-electron chi connectivity index (χ3n) is 3.78. The molecule has 0 radical (unpaired) electrons. The maximum atomic E-state index is 13.8. The smallest absolute Gasteiger partial charge is 0.410 e. The fourth-order valence-corrected chi connectivity index (χ4v) is 2.60. The number of nitrogens with zero attached hydrogens (tertiary/aromatic N) is 1. The van der Waals surface area contributed by atoms with E-state index in [0.717, 1.165) is 0 Å². The Morgan fingerprint density at radius 1 is 1.41 bits per heavy atom. The van der Waals surface area contributed by atoms with Crippen LogP contribution in [0.15, 0.2) is 0 Å². The average molecular weight is 247 g/mol. The lowest BCUT2D eigenvalue weighted by Gasteiger charge is -2.60. The van der Waals surface area contributed by atoms with E-state index >= 15 is 0 Å². The van der Waals surface area contributed by atoms with E-state index in [2.05, 4.69) is 0 Å². The topological polar surface area (TPSA) is 29.5 Å². The van der Waals surface area contributed by atoms with E-state index in [1.165, 1.54) is 4.90 Å². The Morgan fingerprint density at radius 3 is 2.41 bits per heavy atom. The van der Waals surface area contributed by atoms with Crippen molar-refractivity contribution >= 4 is 6.09 Å². The first-order chi connectivity index (χ1) is 7.57. The lowest BCUT2D eigenvalue weighted by atomic mass is 9.58. The van der Waals surface area contributed by atoms with Crippen LogP contribution < -0.4 is 0 Å². The summed E-state index contributed by atoms with van der Waals surface area (Å²) >= 11 is 0. The molecule has 0 aromatic heterocycles. The molecule has 1 saturated carbocycles. The van der Waals surface area contributed by atoms with Crippen LogP contribution in [0.2, 0.25) is 0 Å². The lowest BCUT2D eigenvalue weighted by Crippen LogP contribution is -2.72. The molecule has 2 bridgehead atoms. The van der Waals surface area contributed by atoms with Crippen LogP contribution in [-0.4, -0.2) is 35.1 Å². The first kappa shape index (κ1) is 12.6. The minimum Gasteiger partial charge on any atom is -0.444 e. The van der Waals surface area contributed by atoms with Gasteiger partial charge in [-0.05, 0) is 33.6 Å². The molecule has 0 N–H and O–H groups in total. The van der Waals surface area contributed by atoms with Crippen molar-refractivity contribution in [3.05, 3.63) is 0 Å². The molecule has 1 amide bonds. The van der Waals surface area contributed by atoms with E-state index < -0.39 is 29.1 Å². The lowest BCUT2D eigenvalue weighted by molar-refractivity contribution is -0.272.